The summed E-state index contributed by atoms with van der Waals surface area (Å²) in [4.78, 5) is 27.4. The number of hydrogen-bond donors (Lipinski definition) is 1. The largest absolute Gasteiger partial charge is 0.353 e. The predicted molar refractivity (Wildman–Crippen MR) is 142 cm³/mol. The minimum atomic E-state index is -0.243. The minimum absolute atomic E-state index is 0.0156. The van der Waals surface area contributed by atoms with Crippen LogP contribution in [0, 0.1) is 25.6 Å². The zero-order chi connectivity index (χ0) is 26.0. The molecule has 0 spiro atoms. The molecule has 2 amide bonds. The number of hydrogen-bond acceptors (Lipinski definition) is 3. The second-order valence-corrected chi connectivity index (χ2v) is 10.3. The molecule has 35 heavy (non-hydrogen) atoms. The third-order valence-corrected chi connectivity index (χ3v) is 7.20. The molecule has 0 aliphatic heterocycles. The Hall–Kier alpha value is -2.93. The lowest BCUT2D eigenvalue weighted by Gasteiger charge is -2.22. The molecule has 3 rings (SSSR count). The van der Waals surface area contributed by atoms with Crippen molar-refractivity contribution in [2.24, 2.45) is 13.0 Å². The standard InChI is InChI=1S/C15H22FNO.C13H16N2OS/c1-4-12(2)9-10-17(13(3)18)11-14-5-7-15(16)8-6-14;1-9-7-10(2)17-12(9)13(16)14-8-11-5-4-6-15(11)3/h5-8,12H,4,9-11H2,1-3H3;4-7H,8H2,1-3H3,(H,14,16). The minimum Gasteiger partial charge on any atom is -0.353 e. The molecule has 5 nitrogen and oxygen atoms in total. The Bertz CT molecular complexity index is 1090. The summed E-state index contributed by atoms with van der Waals surface area (Å²) in [5.74, 6) is 0.470. The number of thiophene rings is 1. The van der Waals surface area contributed by atoms with Crippen LogP contribution in [-0.2, 0) is 24.9 Å². The number of halogens is 1. The Morgan fingerprint density at radius 2 is 1.86 bits per heavy atom. The van der Waals surface area contributed by atoms with Crippen LogP contribution in [0.4, 0.5) is 4.39 Å². The van der Waals surface area contributed by atoms with Crippen molar-refractivity contribution in [3.05, 3.63) is 81.1 Å². The molecule has 0 saturated carbocycles. The molecule has 2 heterocycles. The molecule has 1 unspecified atom stereocenters. The number of carbonyl (C=O) groups is 2. The van der Waals surface area contributed by atoms with Crippen molar-refractivity contribution in [3.63, 3.8) is 0 Å². The zero-order valence-electron chi connectivity index (χ0n) is 21.7. The van der Waals surface area contributed by atoms with E-state index in [2.05, 4.69) is 19.2 Å². The smallest absolute Gasteiger partial charge is 0.261 e. The molecular weight excluding hydrogens is 461 g/mol. The van der Waals surface area contributed by atoms with Crippen LogP contribution in [0.2, 0.25) is 0 Å². The number of amides is 2. The van der Waals surface area contributed by atoms with Crippen molar-refractivity contribution >= 4 is 23.2 Å². The number of aromatic nitrogens is 1. The summed E-state index contributed by atoms with van der Waals surface area (Å²) in [6.07, 6.45) is 4.11. The van der Waals surface area contributed by atoms with E-state index in [-0.39, 0.29) is 17.6 Å². The van der Waals surface area contributed by atoms with Crippen LogP contribution in [-0.4, -0.2) is 27.8 Å². The molecule has 0 radical (unpaired) electrons. The maximum atomic E-state index is 12.8. The second kappa shape index (κ2) is 13.8. The van der Waals surface area contributed by atoms with Gasteiger partial charge in [-0.25, -0.2) is 4.39 Å². The van der Waals surface area contributed by atoms with Gasteiger partial charge in [0.1, 0.15) is 5.82 Å². The fraction of sp³-hybridized carbons (Fsp3) is 0.429. The highest BCUT2D eigenvalue weighted by atomic mass is 32.1. The number of nitrogens with one attached hydrogen (secondary N) is 1. The van der Waals surface area contributed by atoms with Crippen LogP contribution < -0.4 is 5.32 Å². The van der Waals surface area contributed by atoms with E-state index < -0.39 is 0 Å². The molecule has 190 valence electrons. The molecular formula is C28H38FN3O2S. The van der Waals surface area contributed by atoms with E-state index in [0.717, 1.165) is 41.1 Å². The monoisotopic (exact) mass is 499 g/mol. The highest BCUT2D eigenvalue weighted by Crippen LogP contribution is 2.20. The molecule has 0 fully saturated rings. The summed E-state index contributed by atoms with van der Waals surface area (Å²) >= 11 is 1.55. The van der Waals surface area contributed by atoms with E-state index in [1.54, 1.807) is 30.4 Å². The number of carbonyl (C=O) groups excluding carboxylic acids is 2. The Labute approximate surface area is 213 Å². The molecule has 0 bridgehead atoms. The topological polar surface area (TPSA) is 54.3 Å². The first kappa shape index (κ1) is 28.3. The lowest BCUT2D eigenvalue weighted by Crippen LogP contribution is -2.30. The normalized spacial score (nSPS) is 11.4. The fourth-order valence-electron chi connectivity index (χ4n) is 3.54. The summed E-state index contributed by atoms with van der Waals surface area (Å²) in [6, 6.07) is 12.4. The van der Waals surface area contributed by atoms with Gasteiger partial charge < -0.3 is 14.8 Å². The SMILES string of the molecule is CCC(C)CCN(Cc1ccc(F)cc1)C(C)=O.Cc1cc(C)c(C(=O)NCc2cccn2C)s1. The van der Waals surface area contributed by atoms with Crippen LogP contribution in [0.5, 0.6) is 0 Å². The lowest BCUT2D eigenvalue weighted by atomic mass is 10.0. The fourth-order valence-corrected chi connectivity index (χ4v) is 4.48. The molecule has 3 aromatic rings. The highest BCUT2D eigenvalue weighted by Gasteiger charge is 2.12. The highest BCUT2D eigenvalue weighted by molar-refractivity contribution is 7.14. The van der Waals surface area contributed by atoms with Gasteiger partial charge in [-0.15, -0.1) is 11.3 Å². The molecule has 2 aromatic heterocycles. The van der Waals surface area contributed by atoms with Gasteiger partial charge in [0.2, 0.25) is 5.91 Å². The van der Waals surface area contributed by atoms with Crippen molar-refractivity contribution in [1.29, 1.82) is 0 Å². The molecule has 0 saturated heterocycles. The van der Waals surface area contributed by atoms with Gasteiger partial charge >= 0.3 is 0 Å². The van der Waals surface area contributed by atoms with Crippen LogP contribution in [0.3, 0.4) is 0 Å². The maximum absolute atomic E-state index is 12.8. The Morgan fingerprint density at radius 3 is 2.37 bits per heavy atom. The number of aryl methyl sites for hydroxylation is 3. The van der Waals surface area contributed by atoms with Gasteiger partial charge in [0.25, 0.3) is 5.91 Å². The number of benzene rings is 1. The van der Waals surface area contributed by atoms with Gasteiger partial charge in [-0.2, -0.15) is 0 Å². The van der Waals surface area contributed by atoms with E-state index in [0.29, 0.717) is 19.0 Å². The van der Waals surface area contributed by atoms with Crippen molar-refractivity contribution < 1.29 is 14.0 Å². The second-order valence-electron chi connectivity index (χ2n) is 9.03. The Kier molecular flexibility index (Phi) is 11.2. The average molecular weight is 500 g/mol. The van der Waals surface area contributed by atoms with Crippen LogP contribution in [0.25, 0.3) is 0 Å². The van der Waals surface area contributed by atoms with Gasteiger partial charge in [-0.05, 0) is 67.6 Å². The summed E-state index contributed by atoms with van der Waals surface area (Å²) in [5.41, 5.74) is 3.12. The van der Waals surface area contributed by atoms with Crippen molar-refractivity contribution in [2.75, 3.05) is 6.54 Å². The van der Waals surface area contributed by atoms with Crippen LogP contribution in [0.15, 0.2) is 48.7 Å². The van der Waals surface area contributed by atoms with Crippen molar-refractivity contribution in [3.8, 4) is 0 Å². The molecule has 0 aliphatic rings. The van der Waals surface area contributed by atoms with Gasteiger partial charge in [-0.3, -0.25) is 9.59 Å². The van der Waals surface area contributed by atoms with Crippen LogP contribution >= 0.6 is 11.3 Å². The molecule has 7 heteroatoms. The summed E-state index contributed by atoms with van der Waals surface area (Å²) in [7, 11) is 1.97. The van der Waals surface area contributed by atoms with E-state index in [9.17, 15) is 14.0 Å². The van der Waals surface area contributed by atoms with Gasteiger partial charge in [-0.1, -0.05) is 32.4 Å². The first-order valence-electron chi connectivity index (χ1n) is 12.1. The Balaban J connectivity index is 0.000000247. The third-order valence-electron chi connectivity index (χ3n) is 6.05. The first-order valence-corrected chi connectivity index (χ1v) is 12.9. The van der Waals surface area contributed by atoms with Gasteiger partial charge in [0, 0.05) is 43.8 Å². The first-order chi connectivity index (χ1) is 16.6. The number of rotatable bonds is 9. The van der Waals surface area contributed by atoms with Gasteiger partial charge in [0.15, 0.2) is 0 Å². The van der Waals surface area contributed by atoms with Crippen molar-refractivity contribution in [1.82, 2.24) is 14.8 Å². The number of nitrogens with zero attached hydrogens (tertiary/aromatic N) is 2. The predicted octanol–water partition coefficient (Wildman–Crippen LogP) is 6.24. The molecule has 1 atom stereocenters. The zero-order valence-corrected chi connectivity index (χ0v) is 22.5. The molecule has 1 aromatic carbocycles. The summed E-state index contributed by atoms with van der Waals surface area (Å²) < 4.78 is 14.8. The van der Waals surface area contributed by atoms with E-state index in [1.165, 1.54) is 17.0 Å². The molecule has 1 N–H and O–H groups in total. The van der Waals surface area contributed by atoms with Crippen LogP contribution in [0.1, 0.15) is 65.0 Å². The third kappa shape index (κ3) is 9.32. The van der Waals surface area contributed by atoms with E-state index in [4.69, 9.17) is 0 Å². The lowest BCUT2D eigenvalue weighted by molar-refractivity contribution is -0.129. The summed E-state index contributed by atoms with van der Waals surface area (Å²) in [6.45, 7) is 11.8. The van der Waals surface area contributed by atoms with E-state index in [1.807, 2.05) is 54.8 Å². The maximum Gasteiger partial charge on any atom is 0.261 e. The molecule has 0 aliphatic carbocycles. The Morgan fingerprint density at radius 1 is 1.17 bits per heavy atom. The quantitative estimate of drug-likeness (QED) is 0.379. The summed E-state index contributed by atoms with van der Waals surface area (Å²) in [5, 5.41) is 2.95. The van der Waals surface area contributed by atoms with Crippen molar-refractivity contribution in [2.45, 2.75) is 60.5 Å². The van der Waals surface area contributed by atoms with E-state index >= 15 is 0 Å². The average Bonchev–Trinajstić information content (AvgIpc) is 3.39. The van der Waals surface area contributed by atoms with Gasteiger partial charge in [0.05, 0.1) is 11.4 Å².